The highest BCUT2D eigenvalue weighted by Gasteiger charge is 2.19. The second-order valence-electron chi connectivity index (χ2n) is 5.11. The fourth-order valence-electron chi connectivity index (χ4n) is 2.69. The number of hydrogen-bond donors (Lipinski definition) is 1. The van der Waals surface area contributed by atoms with Gasteiger partial charge in [-0.1, -0.05) is 42.7 Å². The van der Waals surface area contributed by atoms with Crippen molar-refractivity contribution in [1.29, 1.82) is 0 Å². The van der Waals surface area contributed by atoms with Gasteiger partial charge in [-0.05, 0) is 38.4 Å². The first-order valence-corrected chi connectivity index (χ1v) is 6.82. The maximum atomic E-state index is 5.98. The Balaban J connectivity index is 2.11. The molecule has 2 nitrogen and oxygen atoms in total. The molecule has 0 radical (unpaired) electrons. The third kappa shape index (κ3) is 3.30. The van der Waals surface area contributed by atoms with Gasteiger partial charge in [0.1, 0.15) is 0 Å². The van der Waals surface area contributed by atoms with E-state index in [-0.39, 0.29) is 0 Å². The van der Waals surface area contributed by atoms with E-state index in [0.29, 0.717) is 6.04 Å². The van der Waals surface area contributed by atoms with E-state index in [1.807, 2.05) is 0 Å². The van der Waals surface area contributed by atoms with Crippen LogP contribution in [0.1, 0.15) is 42.9 Å². The third-order valence-electron chi connectivity index (χ3n) is 3.77. The molecule has 0 aromatic heterocycles. The number of nitrogens with two attached hydrogens (primary N) is 1. The van der Waals surface area contributed by atoms with Crippen molar-refractivity contribution in [2.24, 2.45) is 5.73 Å². The monoisotopic (exact) mass is 232 g/mol. The Morgan fingerprint density at radius 1 is 1.06 bits per heavy atom. The van der Waals surface area contributed by atoms with E-state index in [1.54, 1.807) is 0 Å². The number of likely N-dealkylation sites (tertiary alicyclic amines) is 1. The van der Waals surface area contributed by atoms with Gasteiger partial charge in [0, 0.05) is 12.6 Å². The first-order valence-electron chi connectivity index (χ1n) is 6.82. The standard InChI is InChI=1S/C15H24N2/c1-13-6-8-14(9-7-13)15(12-16)17-10-4-2-3-5-11-17/h6-9,15H,2-5,10-12,16H2,1H3/t15-/m1/s1. The van der Waals surface area contributed by atoms with Crippen LogP contribution in [0.25, 0.3) is 0 Å². The van der Waals surface area contributed by atoms with Crippen molar-refractivity contribution in [3.8, 4) is 0 Å². The van der Waals surface area contributed by atoms with Gasteiger partial charge in [-0.3, -0.25) is 4.90 Å². The maximum Gasteiger partial charge on any atom is 0.0470 e. The lowest BCUT2D eigenvalue weighted by molar-refractivity contribution is 0.210. The fraction of sp³-hybridized carbons (Fsp3) is 0.600. The van der Waals surface area contributed by atoms with Gasteiger partial charge < -0.3 is 5.73 Å². The van der Waals surface area contributed by atoms with Crippen LogP contribution in [0.4, 0.5) is 0 Å². The number of aryl methyl sites for hydroxylation is 1. The molecule has 1 aliphatic heterocycles. The van der Waals surface area contributed by atoms with Crippen LogP contribution >= 0.6 is 0 Å². The predicted molar refractivity (Wildman–Crippen MR) is 73.0 cm³/mol. The predicted octanol–water partition coefficient (Wildman–Crippen LogP) is 2.87. The summed E-state index contributed by atoms with van der Waals surface area (Å²) in [7, 11) is 0. The molecule has 1 atom stereocenters. The highest BCUT2D eigenvalue weighted by Crippen LogP contribution is 2.23. The van der Waals surface area contributed by atoms with E-state index >= 15 is 0 Å². The molecule has 1 aliphatic rings. The Kier molecular flexibility index (Phi) is 4.57. The summed E-state index contributed by atoms with van der Waals surface area (Å²) in [4.78, 5) is 2.57. The van der Waals surface area contributed by atoms with Crippen molar-refractivity contribution in [3.63, 3.8) is 0 Å². The number of rotatable bonds is 3. The summed E-state index contributed by atoms with van der Waals surface area (Å²) in [6, 6.07) is 9.26. The van der Waals surface area contributed by atoms with Gasteiger partial charge in [-0.2, -0.15) is 0 Å². The Labute approximate surface area is 105 Å². The zero-order chi connectivity index (χ0) is 12.1. The molecule has 2 rings (SSSR count). The normalized spacial score (nSPS) is 19.9. The molecule has 1 aromatic carbocycles. The summed E-state index contributed by atoms with van der Waals surface area (Å²) in [5.74, 6) is 0. The molecule has 0 aliphatic carbocycles. The average Bonchev–Trinajstić information content (AvgIpc) is 2.62. The van der Waals surface area contributed by atoms with Crippen molar-refractivity contribution < 1.29 is 0 Å². The molecule has 1 aromatic rings. The Bertz CT molecular complexity index is 323. The van der Waals surface area contributed by atoms with E-state index in [4.69, 9.17) is 5.73 Å². The zero-order valence-corrected chi connectivity index (χ0v) is 10.9. The average molecular weight is 232 g/mol. The first kappa shape index (κ1) is 12.6. The Morgan fingerprint density at radius 3 is 2.18 bits per heavy atom. The van der Waals surface area contributed by atoms with Crippen LogP contribution in [-0.2, 0) is 0 Å². The summed E-state index contributed by atoms with van der Waals surface area (Å²) < 4.78 is 0. The van der Waals surface area contributed by atoms with Crippen LogP contribution in [0.3, 0.4) is 0 Å². The zero-order valence-electron chi connectivity index (χ0n) is 10.9. The van der Waals surface area contributed by atoms with Gasteiger partial charge in [0.25, 0.3) is 0 Å². The van der Waals surface area contributed by atoms with Crippen molar-refractivity contribution in [2.75, 3.05) is 19.6 Å². The molecule has 17 heavy (non-hydrogen) atoms. The largest absolute Gasteiger partial charge is 0.329 e. The molecule has 0 saturated carbocycles. The minimum Gasteiger partial charge on any atom is -0.329 e. The van der Waals surface area contributed by atoms with Crippen LogP contribution in [0.15, 0.2) is 24.3 Å². The van der Waals surface area contributed by atoms with Crippen molar-refractivity contribution in [3.05, 3.63) is 35.4 Å². The summed E-state index contributed by atoms with van der Waals surface area (Å²) >= 11 is 0. The second kappa shape index (κ2) is 6.18. The third-order valence-corrected chi connectivity index (χ3v) is 3.77. The molecular weight excluding hydrogens is 208 g/mol. The van der Waals surface area contributed by atoms with Crippen LogP contribution in [0.5, 0.6) is 0 Å². The van der Waals surface area contributed by atoms with Gasteiger partial charge in [0.2, 0.25) is 0 Å². The summed E-state index contributed by atoms with van der Waals surface area (Å²) in [6.45, 7) is 5.27. The van der Waals surface area contributed by atoms with E-state index < -0.39 is 0 Å². The topological polar surface area (TPSA) is 29.3 Å². The molecule has 1 saturated heterocycles. The van der Waals surface area contributed by atoms with Gasteiger partial charge >= 0.3 is 0 Å². The Hall–Kier alpha value is -0.860. The number of nitrogens with zero attached hydrogens (tertiary/aromatic N) is 1. The van der Waals surface area contributed by atoms with Crippen molar-refractivity contribution in [1.82, 2.24) is 4.90 Å². The van der Waals surface area contributed by atoms with E-state index in [2.05, 4.69) is 36.1 Å². The van der Waals surface area contributed by atoms with Crippen molar-refractivity contribution in [2.45, 2.75) is 38.6 Å². The minimum atomic E-state index is 0.411. The number of hydrogen-bond acceptors (Lipinski definition) is 2. The van der Waals surface area contributed by atoms with Crippen molar-refractivity contribution >= 4 is 0 Å². The molecule has 1 heterocycles. The van der Waals surface area contributed by atoms with Crippen LogP contribution in [0, 0.1) is 6.92 Å². The highest BCUT2D eigenvalue weighted by molar-refractivity contribution is 5.24. The smallest absolute Gasteiger partial charge is 0.0470 e. The van der Waals surface area contributed by atoms with Gasteiger partial charge in [-0.15, -0.1) is 0 Å². The van der Waals surface area contributed by atoms with Gasteiger partial charge in [0.05, 0.1) is 0 Å². The van der Waals surface area contributed by atoms with Crippen LogP contribution in [-0.4, -0.2) is 24.5 Å². The summed E-state index contributed by atoms with van der Waals surface area (Å²) in [5, 5.41) is 0. The molecule has 0 bridgehead atoms. The van der Waals surface area contributed by atoms with E-state index in [1.165, 1.54) is 49.9 Å². The summed E-state index contributed by atoms with van der Waals surface area (Å²) in [5.41, 5.74) is 8.68. The Morgan fingerprint density at radius 2 is 1.65 bits per heavy atom. The maximum absolute atomic E-state index is 5.98. The molecule has 1 fully saturated rings. The van der Waals surface area contributed by atoms with Crippen LogP contribution < -0.4 is 5.73 Å². The lowest BCUT2D eigenvalue weighted by Gasteiger charge is -2.30. The van der Waals surface area contributed by atoms with Gasteiger partial charge in [-0.25, -0.2) is 0 Å². The molecular formula is C15H24N2. The van der Waals surface area contributed by atoms with E-state index in [0.717, 1.165) is 6.54 Å². The molecule has 2 heteroatoms. The quantitative estimate of drug-likeness (QED) is 0.868. The minimum absolute atomic E-state index is 0.411. The molecule has 0 spiro atoms. The lowest BCUT2D eigenvalue weighted by atomic mass is 10.0. The van der Waals surface area contributed by atoms with E-state index in [9.17, 15) is 0 Å². The van der Waals surface area contributed by atoms with Gasteiger partial charge in [0.15, 0.2) is 0 Å². The fourth-order valence-corrected chi connectivity index (χ4v) is 2.69. The molecule has 94 valence electrons. The first-order chi connectivity index (χ1) is 8.31. The SMILES string of the molecule is Cc1ccc([C@@H](CN)N2CCCCCC2)cc1. The molecule has 0 amide bonds. The second-order valence-corrected chi connectivity index (χ2v) is 5.11. The molecule has 2 N–H and O–H groups in total. The highest BCUT2D eigenvalue weighted by atomic mass is 15.2. The molecule has 0 unspecified atom stereocenters. The van der Waals surface area contributed by atoms with Crippen LogP contribution in [0.2, 0.25) is 0 Å². The lowest BCUT2D eigenvalue weighted by Crippen LogP contribution is -2.34. The number of benzene rings is 1. The summed E-state index contributed by atoms with van der Waals surface area (Å²) in [6.07, 6.45) is 5.40.